The second kappa shape index (κ2) is 9.99. The smallest absolute Gasteiger partial charge is 0.0822 e. The Morgan fingerprint density at radius 2 is 1.30 bits per heavy atom. The maximum absolute atomic E-state index is 10.7. The molecule has 0 heterocycles. The maximum atomic E-state index is 10.7. The summed E-state index contributed by atoms with van der Waals surface area (Å²) in [7, 11) is 0. The molecule has 0 atom stereocenters. The van der Waals surface area contributed by atoms with E-state index in [9.17, 15) is 5.11 Å². The first kappa shape index (κ1) is 17.2. The van der Waals surface area contributed by atoms with Crippen molar-refractivity contribution in [2.45, 2.75) is 78.6 Å². The van der Waals surface area contributed by atoms with Gasteiger partial charge in [-0.1, -0.05) is 52.2 Å². The first-order valence-electron chi connectivity index (χ1n) is 8.48. The van der Waals surface area contributed by atoms with E-state index in [1.807, 2.05) is 0 Å². The fraction of sp³-hybridized carbons (Fsp3) is 0.684. The van der Waals surface area contributed by atoms with Gasteiger partial charge in [-0.25, -0.2) is 5.11 Å². The number of hydrogen-bond donors (Lipinski definition) is 0. The van der Waals surface area contributed by atoms with Crippen molar-refractivity contribution < 1.29 is 5.11 Å². The van der Waals surface area contributed by atoms with Gasteiger partial charge in [0.2, 0.25) is 0 Å². The molecule has 0 aliphatic carbocycles. The van der Waals surface area contributed by atoms with Crippen LogP contribution in [0.4, 0.5) is 0 Å². The molecule has 1 rings (SSSR count). The van der Waals surface area contributed by atoms with E-state index in [1.165, 1.54) is 44.1 Å². The third-order valence-electron chi connectivity index (χ3n) is 3.89. The molecule has 0 N–H and O–H groups in total. The first-order valence-corrected chi connectivity index (χ1v) is 8.48. The normalized spacial score (nSPS) is 11.0. The van der Waals surface area contributed by atoms with Gasteiger partial charge in [-0.05, 0) is 60.8 Å². The van der Waals surface area contributed by atoms with Crippen LogP contribution in [0.3, 0.4) is 0 Å². The van der Waals surface area contributed by atoms with E-state index < -0.39 is 0 Å². The summed E-state index contributed by atoms with van der Waals surface area (Å²) < 4.78 is 0. The maximum Gasteiger partial charge on any atom is 0.0822 e. The molecule has 0 fully saturated rings. The second-order valence-corrected chi connectivity index (χ2v) is 5.80. The Bertz CT molecular complexity index is 354. The largest absolute Gasteiger partial charge is 0.237 e. The third kappa shape index (κ3) is 5.28. The van der Waals surface area contributed by atoms with Gasteiger partial charge in [0.1, 0.15) is 0 Å². The summed E-state index contributed by atoms with van der Waals surface area (Å²) in [6, 6.07) is 4.86. The van der Waals surface area contributed by atoms with Crippen molar-refractivity contribution in [2.75, 3.05) is 6.61 Å². The Morgan fingerprint density at radius 1 is 0.750 bits per heavy atom. The van der Waals surface area contributed by atoms with Crippen LogP contribution >= 0.6 is 0 Å². The van der Waals surface area contributed by atoms with E-state index in [-0.39, 0.29) is 6.61 Å². The number of rotatable bonds is 10. The fourth-order valence-corrected chi connectivity index (χ4v) is 3.01. The van der Waals surface area contributed by atoms with E-state index in [0.29, 0.717) is 0 Å². The van der Waals surface area contributed by atoms with Crippen molar-refractivity contribution in [1.29, 1.82) is 0 Å². The summed E-state index contributed by atoms with van der Waals surface area (Å²) in [5, 5.41) is 10.7. The standard InChI is InChI=1S/C19H31O/c1-4-9-16-14-17(10-5-2)19(12-7-8-13-20)18(15-16)11-6-3/h14-15H,4-13H2,1-3H3. The molecule has 0 aliphatic heterocycles. The quantitative estimate of drug-likeness (QED) is 0.517. The molecule has 1 nitrogen and oxygen atoms in total. The molecule has 1 radical (unpaired) electrons. The Labute approximate surface area is 125 Å². The Hall–Kier alpha value is -0.820. The lowest BCUT2D eigenvalue weighted by Crippen LogP contribution is -2.04. The van der Waals surface area contributed by atoms with Crippen molar-refractivity contribution in [3.05, 3.63) is 34.4 Å². The molecule has 0 spiro atoms. The molecule has 1 aromatic rings. The van der Waals surface area contributed by atoms with E-state index >= 15 is 0 Å². The van der Waals surface area contributed by atoms with Gasteiger partial charge < -0.3 is 0 Å². The summed E-state index contributed by atoms with van der Waals surface area (Å²) in [6.45, 7) is 6.84. The summed E-state index contributed by atoms with van der Waals surface area (Å²) in [4.78, 5) is 0. The van der Waals surface area contributed by atoms with Crippen LogP contribution in [-0.2, 0) is 30.8 Å². The number of benzene rings is 1. The SMILES string of the molecule is CCCc1cc(CCC)c(CCCC[O])c(CCC)c1. The summed E-state index contributed by atoms with van der Waals surface area (Å²) >= 11 is 0. The Morgan fingerprint density at radius 3 is 1.75 bits per heavy atom. The van der Waals surface area contributed by atoms with Crippen LogP contribution in [0.25, 0.3) is 0 Å². The first-order chi connectivity index (χ1) is 9.76. The number of unbranched alkanes of at least 4 members (excludes halogenated alkanes) is 1. The molecule has 0 amide bonds. The molecule has 1 heteroatoms. The minimum Gasteiger partial charge on any atom is -0.237 e. The molecule has 0 bridgehead atoms. The highest BCUT2D eigenvalue weighted by Gasteiger charge is 2.10. The monoisotopic (exact) mass is 275 g/mol. The zero-order valence-corrected chi connectivity index (χ0v) is 13.6. The van der Waals surface area contributed by atoms with Crippen molar-refractivity contribution in [3.8, 4) is 0 Å². The number of hydrogen-bond acceptors (Lipinski definition) is 0. The lowest BCUT2D eigenvalue weighted by Gasteiger charge is -2.17. The minimum absolute atomic E-state index is 0.0696. The Balaban J connectivity index is 3.05. The highest BCUT2D eigenvalue weighted by atomic mass is 16.2. The average molecular weight is 275 g/mol. The van der Waals surface area contributed by atoms with Gasteiger partial charge in [-0.3, -0.25) is 0 Å². The van der Waals surface area contributed by atoms with Crippen molar-refractivity contribution in [2.24, 2.45) is 0 Å². The van der Waals surface area contributed by atoms with E-state index in [1.54, 1.807) is 16.7 Å². The predicted molar refractivity (Wildman–Crippen MR) is 86.9 cm³/mol. The van der Waals surface area contributed by atoms with Gasteiger partial charge in [-0.2, -0.15) is 0 Å². The summed E-state index contributed by atoms with van der Waals surface area (Å²) in [5.41, 5.74) is 6.16. The summed E-state index contributed by atoms with van der Waals surface area (Å²) in [6.07, 6.45) is 10.1. The molecule has 1 aromatic carbocycles. The molecule has 0 saturated heterocycles. The highest BCUT2D eigenvalue weighted by molar-refractivity contribution is 5.40. The highest BCUT2D eigenvalue weighted by Crippen LogP contribution is 2.24. The molecule has 20 heavy (non-hydrogen) atoms. The minimum atomic E-state index is 0.0696. The topological polar surface area (TPSA) is 19.9 Å². The van der Waals surface area contributed by atoms with E-state index in [0.717, 1.165) is 19.3 Å². The van der Waals surface area contributed by atoms with Crippen molar-refractivity contribution in [3.63, 3.8) is 0 Å². The van der Waals surface area contributed by atoms with Crippen LogP contribution in [0.1, 0.15) is 75.1 Å². The van der Waals surface area contributed by atoms with Crippen LogP contribution in [0.5, 0.6) is 0 Å². The van der Waals surface area contributed by atoms with Gasteiger partial charge >= 0.3 is 0 Å². The van der Waals surface area contributed by atoms with Gasteiger partial charge in [0, 0.05) is 0 Å². The zero-order chi connectivity index (χ0) is 14.8. The van der Waals surface area contributed by atoms with Gasteiger partial charge in [-0.15, -0.1) is 0 Å². The van der Waals surface area contributed by atoms with Crippen LogP contribution in [0.2, 0.25) is 0 Å². The molecule has 113 valence electrons. The molecule has 0 saturated carbocycles. The fourth-order valence-electron chi connectivity index (χ4n) is 3.01. The van der Waals surface area contributed by atoms with Gasteiger partial charge in [0.05, 0.1) is 6.61 Å². The summed E-state index contributed by atoms with van der Waals surface area (Å²) in [5.74, 6) is 0. The molecule has 0 unspecified atom stereocenters. The van der Waals surface area contributed by atoms with Crippen LogP contribution in [-0.4, -0.2) is 6.61 Å². The molecule has 0 aromatic heterocycles. The van der Waals surface area contributed by atoms with Gasteiger partial charge in [0.25, 0.3) is 0 Å². The average Bonchev–Trinajstić information content (AvgIpc) is 2.43. The van der Waals surface area contributed by atoms with Gasteiger partial charge in [0.15, 0.2) is 0 Å². The molecular formula is C19H31O. The van der Waals surface area contributed by atoms with Crippen LogP contribution in [0, 0.1) is 0 Å². The van der Waals surface area contributed by atoms with Crippen LogP contribution < -0.4 is 0 Å². The third-order valence-corrected chi connectivity index (χ3v) is 3.89. The van der Waals surface area contributed by atoms with Crippen molar-refractivity contribution >= 4 is 0 Å². The zero-order valence-electron chi connectivity index (χ0n) is 13.6. The lowest BCUT2D eigenvalue weighted by molar-refractivity contribution is 0.187. The molecular weight excluding hydrogens is 244 g/mol. The molecule has 0 aliphatic rings. The van der Waals surface area contributed by atoms with Crippen molar-refractivity contribution in [1.82, 2.24) is 0 Å². The predicted octanol–water partition coefficient (Wildman–Crippen LogP) is 5.30. The number of aryl methyl sites for hydroxylation is 3. The van der Waals surface area contributed by atoms with E-state index in [4.69, 9.17) is 0 Å². The Kier molecular flexibility index (Phi) is 8.60. The second-order valence-electron chi connectivity index (χ2n) is 5.80. The lowest BCUT2D eigenvalue weighted by atomic mass is 9.89. The van der Waals surface area contributed by atoms with E-state index in [2.05, 4.69) is 32.9 Å². The van der Waals surface area contributed by atoms with Crippen LogP contribution in [0.15, 0.2) is 12.1 Å².